The molecule has 0 amide bonds. The van der Waals surface area contributed by atoms with E-state index in [1.165, 1.54) is 5.56 Å². The lowest BCUT2D eigenvalue weighted by atomic mass is 9.85. The third-order valence-corrected chi connectivity index (χ3v) is 4.26. The topological polar surface area (TPSA) is 26.3 Å². The fourth-order valence-corrected chi connectivity index (χ4v) is 2.94. The second-order valence-corrected chi connectivity index (χ2v) is 6.06. The minimum Gasteiger partial charge on any atom is -0.453 e. The lowest BCUT2D eigenvalue weighted by Crippen LogP contribution is -2.07. The summed E-state index contributed by atoms with van der Waals surface area (Å²) < 4.78 is 5.59. The lowest BCUT2D eigenvalue weighted by Gasteiger charge is -2.19. The van der Waals surface area contributed by atoms with Crippen LogP contribution in [0.25, 0.3) is 0 Å². The van der Waals surface area contributed by atoms with E-state index in [1.807, 2.05) is 30.3 Å². The van der Waals surface area contributed by atoms with Gasteiger partial charge >= 0.3 is 5.97 Å². The lowest BCUT2D eigenvalue weighted by molar-refractivity contribution is -0.139. The van der Waals surface area contributed by atoms with Crippen molar-refractivity contribution in [2.45, 2.75) is 31.8 Å². The van der Waals surface area contributed by atoms with Gasteiger partial charge in [0.25, 0.3) is 0 Å². The van der Waals surface area contributed by atoms with Crippen LogP contribution in [0.4, 0.5) is 0 Å². The fraction of sp³-hybridized carbons (Fsp3) is 0.250. The van der Waals surface area contributed by atoms with Crippen molar-refractivity contribution in [3.63, 3.8) is 0 Å². The summed E-state index contributed by atoms with van der Waals surface area (Å²) >= 11 is 0. The van der Waals surface area contributed by atoms with Crippen molar-refractivity contribution in [3.05, 3.63) is 83.4 Å². The Balaban J connectivity index is 1.97. The van der Waals surface area contributed by atoms with E-state index >= 15 is 0 Å². The van der Waals surface area contributed by atoms with Crippen LogP contribution in [0.15, 0.2) is 66.7 Å². The first kappa shape index (κ1) is 14.6. The zero-order valence-corrected chi connectivity index (χ0v) is 13.0. The summed E-state index contributed by atoms with van der Waals surface area (Å²) in [5.41, 5.74) is 3.90. The van der Waals surface area contributed by atoms with Crippen molar-refractivity contribution in [1.82, 2.24) is 0 Å². The van der Waals surface area contributed by atoms with E-state index in [4.69, 9.17) is 4.74 Å². The monoisotopic (exact) mass is 292 g/mol. The molecule has 2 atom stereocenters. The molecular formula is C20H20O2. The SMILES string of the molecule is C=C1C(=O)OC(c2ccc(C(C)C)cc2)C1c1ccccc1. The van der Waals surface area contributed by atoms with E-state index in [0.717, 1.165) is 11.1 Å². The van der Waals surface area contributed by atoms with E-state index < -0.39 is 0 Å². The Morgan fingerprint density at radius 1 is 0.955 bits per heavy atom. The van der Waals surface area contributed by atoms with Crippen LogP contribution >= 0.6 is 0 Å². The minimum atomic E-state index is -0.299. The average molecular weight is 292 g/mol. The molecule has 0 saturated carbocycles. The third-order valence-electron chi connectivity index (χ3n) is 4.26. The van der Waals surface area contributed by atoms with Crippen LogP contribution in [-0.4, -0.2) is 5.97 Å². The molecule has 2 aromatic rings. The zero-order chi connectivity index (χ0) is 15.7. The molecule has 1 fully saturated rings. The van der Waals surface area contributed by atoms with Gasteiger partial charge in [-0.15, -0.1) is 0 Å². The molecule has 0 spiro atoms. The van der Waals surface area contributed by atoms with Gasteiger partial charge in [0.2, 0.25) is 0 Å². The van der Waals surface area contributed by atoms with Crippen molar-refractivity contribution >= 4 is 5.97 Å². The number of ether oxygens (including phenoxy) is 1. The molecule has 0 aromatic heterocycles. The Kier molecular flexibility index (Phi) is 3.84. The number of carbonyl (C=O) groups is 1. The molecule has 0 aliphatic carbocycles. The number of hydrogen-bond donors (Lipinski definition) is 0. The van der Waals surface area contributed by atoms with Crippen molar-refractivity contribution in [2.75, 3.05) is 0 Å². The number of benzene rings is 2. The van der Waals surface area contributed by atoms with Crippen molar-refractivity contribution in [1.29, 1.82) is 0 Å². The molecule has 0 radical (unpaired) electrons. The quantitative estimate of drug-likeness (QED) is 0.603. The van der Waals surface area contributed by atoms with E-state index in [0.29, 0.717) is 11.5 Å². The predicted octanol–water partition coefficient (Wildman–Crippen LogP) is 4.75. The molecular weight excluding hydrogens is 272 g/mol. The van der Waals surface area contributed by atoms with Crippen molar-refractivity contribution < 1.29 is 9.53 Å². The highest BCUT2D eigenvalue weighted by Gasteiger charge is 2.40. The van der Waals surface area contributed by atoms with Gasteiger partial charge in [-0.05, 0) is 22.6 Å². The molecule has 1 heterocycles. The number of rotatable bonds is 3. The van der Waals surface area contributed by atoms with Gasteiger partial charge in [0.1, 0.15) is 6.10 Å². The number of hydrogen-bond acceptors (Lipinski definition) is 2. The Labute approximate surface area is 131 Å². The summed E-state index contributed by atoms with van der Waals surface area (Å²) in [6, 6.07) is 18.3. The van der Waals surface area contributed by atoms with Gasteiger partial charge in [0.15, 0.2) is 0 Å². The third kappa shape index (κ3) is 2.57. The molecule has 1 aliphatic rings. The first-order valence-electron chi connectivity index (χ1n) is 7.62. The van der Waals surface area contributed by atoms with E-state index in [1.54, 1.807) is 0 Å². The van der Waals surface area contributed by atoms with Gasteiger partial charge < -0.3 is 4.74 Å². The maximum Gasteiger partial charge on any atom is 0.334 e. The molecule has 1 saturated heterocycles. The maximum atomic E-state index is 12.0. The van der Waals surface area contributed by atoms with E-state index in [-0.39, 0.29) is 18.0 Å². The van der Waals surface area contributed by atoms with Crippen LogP contribution in [-0.2, 0) is 9.53 Å². The standard InChI is InChI=1S/C20H20O2/c1-13(2)15-9-11-17(12-10-15)19-18(14(3)20(21)22-19)16-7-5-4-6-8-16/h4-13,18-19H,3H2,1-2H3. The van der Waals surface area contributed by atoms with Crippen molar-refractivity contribution in [3.8, 4) is 0 Å². The smallest absolute Gasteiger partial charge is 0.334 e. The van der Waals surface area contributed by atoms with Crippen LogP contribution < -0.4 is 0 Å². The normalized spacial score (nSPS) is 21.2. The van der Waals surface area contributed by atoms with Crippen LogP contribution in [0.5, 0.6) is 0 Å². The van der Waals surface area contributed by atoms with Crippen LogP contribution in [0, 0.1) is 0 Å². The van der Waals surface area contributed by atoms with E-state index in [9.17, 15) is 4.79 Å². The maximum absolute atomic E-state index is 12.0. The Bertz CT molecular complexity index is 683. The second-order valence-electron chi connectivity index (χ2n) is 6.06. The molecule has 0 N–H and O–H groups in total. The van der Waals surface area contributed by atoms with Gasteiger partial charge in [-0.2, -0.15) is 0 Å². The zero-order valence-electron chi connectivity index (χ0n) is 13.0. The summed E-state index contributed by atoms with van der Waals surface area (Å²) in [4.78, 5) is 12.0. The largest absolute Gasteiger partial charge is 0.453 e. The molecule has 22 heavy (non-hydrogen) atoms. The Morgan fingerprint density at radius 3 is 2.18 bits per heavy atom. The molecule has 112 valence electrons. The Morgan fingerprint density at radius 2 is 1.59 bits per heavy atom. The summed E-state index contributed by atoms with van der Waals surface area (Å²) in [5.74, 6) is 0.0745. The van der Waals surface area contributed by atoms with Crippen LogP contribution in [0.1, 0.15) is 48.5 Å². The van der Waals surface area contributed by atoms with Crippen LogP contribution in [0.2, 0.25) is 0 Å². The predicted molar refractivity (Wildman–Crippen MR) is 87.7 cm³/mol. The molecule has 0 bridgehead atoms. The highest BCUT2D eigenvalue weighted by Crippen LogP contribution is 2.45. The second kappa shape index (κ2) is 5.80. The number of carbonyl (C=O) groups excluding carboxylic acids is 1. The van der Waals surface area contributed by atoms with Crippen LogP contribution in [0.3, 0.4) is 0 Å². The fourth-order valence-electron chi connectivity index (χ4n) is 2.94. The van der Waals surface area contributed by atoms with Gasteiger partial charge in [-0.25, -0.2) is 4.79 Å². The molecule has 2 nitrogen and oxygen atoms in total. The summed E-state index contributed by atoms with van der Waals surface area (Å²) in [6.45, 7) is 8.27. The summed E-state index contributed by atoms with van der Waals surface area (Å²) in [6.07, 6.45) is -0.288. The van der Waals surface area contributed by atoms with E-state index in [2.05, 4.69) is 44.7 Å². The Hall–Kier alpha value is -2.35. The average Bonchev–Trinajstić information content (AvgIpc) is 2.84. The molecule has 2 unspecified atom stereocenters. The van der Waals surface area contributed by atoms with Gasteiger partial charge in [-0.1, -0.05) is 75.0 Å². The number of esters is 1. The molecule has 3 rings (SSSR count). The first-order chi connectivity index (χ1) is 10.6. The van der Waals surface area contributed by atoms with Crippen molar-refractivity contribution in [2.24, 2.45) is 0 Å². The molecule has 2 aromatic carbocycles. The van der Waals surface area contributed by atoms with Gasteiger partial charge in [0.05, 0.1) is 5.92 Å². The number of cyclic esters (lactones) is 1. The van der Waals surface area contributed by atoms with Gasteiger partial charge in [-0.3, -0.25) is 0 Å². The summed E-state index contributed by atoms with van der Waals surface area (Å²) in [5, 5.41) is 0. The molecule has 1 aliphatic heterocycles. The molecule has 2 heteroatoms. The highest BCUT2D eigenvalue weighted by molar-refractivity contribution is 5.92. The highest BCUT2D eigenvalue weighted by atomic mass is 16.6. The first-order valence-corrected chi connectivity index (χ1v) is 7.62. The minimum absolute atomic E-state index is 0.112. The van der Waals surface area contributed by atoms with Gasteiger partial charge in [0, 0.05) is 5.57 Å². The summed E-state index contributed by atoms with van der Waals surface area (Å²) in [7, 11) is 0.